The van der Waals surface area contributed by atoms with Crippen molar-refractivity contribution in [3.63, 3.8) is 0 Å². The molecule has 0 aliphatic heterocycles. The van der Waals surface area contributed by atoms with Crippen LogP contribution in [0.4, 0.5) is 0 Å². The molecule has 1 aliphatic rings. The number of fused-ring (bicyclic) bond motifs is 1. The molecule has 0 saturated carbocycles. The molecule has 2 amide bonds. The summed E-state index contributed by atoms with van der Waals surface area (Å²) >= 11 is 0. The summed E-state index contributed by atoms with van der Waals surface area (Å²) in [6.45, 7) is 5.71. The number of ether oxygens (including phenoxy) is 1. The van der Waals surface area contributed by atoms with E-state index in [1.165, 1.54) is 0 Å². The SMILES string of the molecule is Cc1ccc(-n2nc(C(=O)NNC(=O)COc3cc(C)ccc3C)c3c2CCC3)cc1. The fourth-order valence-corrected chi connectivity index (χ4v) is 3.75. The highest BCUT2D eigenvalue weighted by Gasteiger charge is 2.27. The van der Waals surface area contributed by atoms with E-state index in [1.807, 2.05) is 67.9 Å². The smallest absolute Gasteiger partial charge is 0.290 e. The van der Waals surface area contributed by atoms with Crippen molar-refractivity contribution in [3.05, 3.63) is 76.1 Å². The minimum Gasteiger partial charge on any atom is -0.483 e. The van der Waals surface area contributed by atoms with E-state index >= 15 is 0 Å². The molecule has 0 bridgehead atoms. The second-order valence-electron chi connectivity index (χ2n) is 7.93. The summed E-state index contributed by atoms with van der Waals surface area (Å²) in [7, 11) is 0. The molecule has 7 nitrogen and oxygen atoms in total. The number of nitrogens with one attached hydrogen (secondary N) is 2. The number of amides is 2. The Labute approximate surface area is 181 Å². The van der Waals surface area contributed by atoms with Gasteiger partial charge in [-0.3, -0.25) is 20.4 Å². The van der Waals surface area contributed by atoms with Crippen molar-refractivity contribution in [3.8, 4) is 11.4 Å². The van der Waals surface area contributed by atoms with Crippen LogP contribution in [-0.2, 0) is 17.6 Å². The molecule has 0 unspecified atom stereocenters. The number of carbonyl (C=O) groups is 2. The summed E-state index contributed by atoms with van der Waals surface area (Å²) in [4.78, 5) is 24.9. The molecular weight excluding hydrogens is 392 g/mol. The molecule has 0 atom stereocenters. The summed E-state index contributed by atoms with van der Waals surface area (Å²) in [6.07, 6.45) is 2.66. The Kier molecular flexibility index (Phi) is 5.75. The summed E-state index contributed by atoms with van der Waals surface area (Å²) in [6, 6.07) is 13.8. The van der Waals surface area contributed by atoms with Gasteiger partial charge in [0.05, 0.1) is 5.69 Å². The van der Waals surface area contributed by atoms with Gasteiger partial charge in [-0.05, 0) is 69.4 Å². The monoisotopic (exact) mass is 418 g/mol. The maximum absolute atomic E-state index is 12.7. The molecule has 0 radical (unpaired) electrons. The Bertz CT molecular complexity index is 1130. The van der Waals surface area contributed by atoms with Crippen LogP contribution in [0.1, 0.15) is 44.9 Å². The van der Waals surface area contributed by atoms with Crippen LogP contribution in [0.15, 0.2) is 42.5 Å². The van der Waals surface area contributed by atoms with Gasteiger partial charge in [-0.25, -0.2) is 4.68 Å². The number of carbonyl (C=O) groups excluding carboxylic acids is 2. The lowest BCUT2D eigenvalue weighted by Gasteiger charge is -2.11. The molecule has 31 heavy (non-hydrogen) atoms. The van der Waals surface area contributed by atoms with Gasteiger partial charge < -0.3 is 4.74 Å². The normalized spacial score (nSPS) is 12.4. The third-order valence-electron chi connectivity index (χ3n) is 5.44. The third-order valence-corrected chi connectivity index (χ3v) is 5.44. The van der Waals surface area contributed by atoms with E-state index in [2.05, 4.69) is 16.0 Å². The van der Waals surface area contributed by atoms with Gasteiger partial charge in [-0.2, -0.15) is 5.10 Å². The third kappa shape index (κ3) is 4.45. The molecule has 1 heterocycles. The van der Waals surface area contributed by atoms with E-state index in [4.69, 9.17) is 4.74 Å². The number of rotatable bonds is 5. The van der Waals surface area contributed by atoms with Gasteiger partial charge in [-0.15, -0.1) is 0 Å². The Balaban J connectivity index is 1.41. The Morgan fingerprint density at radius 3 is 2.52 bits per heavy atom. The molecule has 2 aromatic carbocycles. The average molecular weight is 418 g/mol. The van der Waals surface area contributed by atoms with E-state index in [0.29, 0.717) is 11.4 Å². The zero-order valence-electron chi connectivity index (χ0n) is 18.0. The lowest BCUT2D eigenvalue weighted by atomic mass is 10.1. The van der Waals surface area contributed by atoms with Crippen molar-refractivity contribution in [2.24, 2.45) is 0 Å². The number of aryl methyl sites for hydroxylation is 3. The predicted octanol–water partition coefficient (Wildman–Crippen LogP) is 3.13. The molecule has 1 aliphatic carbocycles. The number of benzene rings is 2. The summed E-state index contributed by atoms with van der Waals surface area (Å²) in [5, 5.41) is 4.55. The fraction of sp³-hybridized carbons (Fsp3) is 0.292. The fourth-order valence-electron chi connectivity index (χ4n) is 3.75. The Morgan fingerprint density at radius 1 is 1.00 bits per heavy atom. The maximum Gasteiger partial charge on any atom is 0.290 e. The van der Waals surface area contributed by atoms with Crippen LogP contribution in [0, 0.1) is 20.8 Å². The van der Waals surface area contributed by atoms with Gasteiger partial charge in [0.1, 0.15) is 5.75 Å². The van der Waals surface area contributed by atoms with Gasteiger partial charge in [-0.1, -0.05) is 29.8 Å². The first-order chi connectivity index (χ1) is 14.9. The predicted molar refractivity (Wildman–Crippen MR) is 117 cm³/mol. The molecule has 1 aromatic heterocycles. The lowest BCUT2D eigenvalue weighted by Crippen LogP contribution is -2.44. The Hall–Kier alpha value is -3.61. The van der Waals surface area contributed by atoms with Crippen molar-refractivity contribution in [1.82, 2.24) is 20.6 Å². The van der Waals surface area contributed by atoms with Crippen LogP contribution in [-0.4, -0.2) is 28.2 Å². The maximum atomic E-state index is 12.7. The molecule has 0 spiro atoms. The first-order valence-corrected chi connectivity index (χ1v) is 10.4. The summed E-state index contributed by atoms with van der Waals surface area (Å²) < 4.78 is 7.42. The quantitative estimate of drug-likeness (QED) is 0.624. The van der Waals surface area contributed by atoms with Crippen LogP contribution in [0.2, 0.25) is 0 Å². The molecule has 0 saturated heterocycles. The highest BCUT2D eigenvalue weighted by molar-refractivity contribution is 5.95. The van der Waals surface area contributed by atoms with Crippen LogP contribution >= 0.6 is 0 Å². The van der Waals surface area contributed by atoms with Gasteiger partial charge >= 0.3 is 0 Å². The van der Waals surface area contributed by atoms with Crippen molar-refractivity contribution in [1.29, 1.82) is 0 Å². The first-order valence-electron chi connectivity index (χ1n) is 10.4. The topological polar surface area (TPSA) is 85.3 Å². The largest absolute Gasteiger partial charge is 0.483 e. The van der Waals surface area contributed by atoms with E-state index in [1.54, 1.807) is 0 Å². The zero-order valence-corrected chi connectivity index (χ0v) is 18.0. The average Bonchev–Trinajstić information content (AvgIpc) is 3.36. The van der Waals surface area contributed by atoms with Crippen molar-refractivity contribution in [2.75, 3.05) is 6.61 Å². The zero-order chi connectivity index (χ0) is 22.0. The second kappa shape index (κ2) is 8.63. The highest BCUT2D eigenvalue weighted by Crippen LogP contribution is 2.28. The number of nitrogens with zero attached hydrogens (tertiary/aromatic N) is 2. The summed E-state index contributed by atoms with van der Waals surface area (Å²) in [5.74, 6) is -0.218. The number of hydrazine groups is 1. The minimum absolute atomic E-state index is 0.194. The van der Waals surface area contributed by atoms with Gasteiger partial charge in [0, 0.05) is 11.3 Å². The van der Waals surface area contributed by atoms with Gasteiger partial charge in [0.15, 0.2) is 12.3 Å². The highest BCUT2D eigenvalue weighted by atomic mass is 16.5. The van der Waals surface area contributed by atoms with Crippen molar-refractivity contribution in [2.45, 2.75) is 40.0 Å². The lowest BCUT2D eigenvalue weighted by molar-refractivity contribution is -0.123. The summed E-state index contributed by atoms with van der Waals surface area (Å²) in [5.41, 5.74) is 11.3. The van der Waals surface area contributed by atoms with Crippen molar-refractivity contribution < 1.29 is 14.3 Å². The molecule has 3 aromatic rings. The van der Waals surface area contributed by atoms with E-state index < -0.39 is 11.8 Å². The number of hydrogen-bond donors (Lipinski definition) is 2. The number of hydrogen-bond acceptors (Lipinski definition) is 4. The van der Waals surface area contributed by atoms with Crippen LogP contribution in [0.25, 0.3) is 5.69 Å². The van der Waals surface area contributed by atoms with E-state index in [9.17, 15) is 9.59 Å². The van der Waals surface area contributed by atoms with E-state index in [0.717, 1.165) is 52.9 Å². The molecular formula is C24H26N4O3. The molecule has 160 valence electrons. The molecule has 2 N–H and O–H groups in total. The second-order valence-corrected chi connectivity index (χ2v) is 7.93. The van der Waals surface area contributed by atoms with Gasteiger partial charge in [0.2, 0.25) is 0 Å². The molecule has 7 heteroatoms. The minimum atomic E-state index is -0.441. The standard InChI is InChI=1S/C24H26N4O3/c1-15-8-11-18(12-9-15)28-20-6-4-5-19(20)23(27-28)24(30)26-25-22(29)14-31-21-13-16(2)7-10-17(21)3/h7-13H,4-6,14H2,1-3H3,(H,25,29)(H,26,30). The van der Waals surface area contributed by atoms with Crippen molar-refractivity contribution >= 4 is 11.8 Å². The van der Waals surface area contributed by atoms with Gasteiger partial charge in [0.25, 0.3) is 11.8 Å². The molecule has 0 fully saturated rings. The van der Waals surface area contributed by atoms with Crippen LogP contribution in [0.5, 0.6) is 5.75 Å². The first kappa shape index (κ1) is 20.7. The van der Waals surface area contributed by atoms with Crippen LogP contribution < -0.4 is 15.6 Å². The van der Waals surface area contributed by atoms with E-state index in [-0.39, 0.29) is 6.61 Å². The number of aromatic nitrogens is 2. The van der Waals surface area contributed by atoms with Crippen LogP contribution in [0.3, 0.4) is 0 Å². The molecule has 4 rings (SSSR count). The Morgan fingerprint density at radius 2 is 1.74 bits per heavy atom.